The summed E-state index contributed by atoms with van der Waals surface area (Å²) in [5, 5.41) is 8.16. The molecule has 0 aromatic carbocycles. The van der Waals surface area contributed by atoms with E-state index in [0.29, 0.717) is 12.1 Å². The van der Waals surface area contributed by atoms with Crippen molar-refractivity contribution < 1.29 is 0 Å². The molecule has 1 atom stereocenters. The van der Waals surface area contributed by atoms with Crippen LogP contribution in [0, 0.1) is 0 Å². The van der Waals surface area contributed by atoms with Gasteiger partial charge in [0.05, 0.1) is 11.7 Å². The van der Waals surface area contributed by atoms with Crippen LogP contribution in [0.15, 0.2) is 36.8 Å². The minimum absolute atomic E-state index is 0.302. The number of nitrogens with one attached hydrogen (secondary N) is 1. The molecule has 0 aliphatic carbocycles. The Balaban J connectivity index is 1.91. The molecule has 0 saturated heterocycles. The Kier molecular flexibility index (Phi) is 5.30. The zero-order chi connectivity index (χ0) is 14.4. The van der Waals surface area contributed by atoms with Gasteiger partial charge < -0.3 is 5.32 Å². The van der Waals surface area contributed by atoms with Crippen molar-refractivity contribution in [2.45, 2.75) is 52.2 Å². The minimum Gasteiger partial charge on any atom is -0.304 e. The molecule has 20 heavy (non-hydrogen) atoms. The Bertz CT molecular complexity index is 502. The minimum atomic E-state index is 0.302. The van der Waals surface area contributed by atoms with Crippen molar-refractivity contribution in [3.63, 3.8) is 0 Å². The van der Waals surface area contributed by atoms with Gasteiger partial charge in [-0.1, -0.05) is 13.8 Å². The van der Waals surface area contributed by atoms with Gasteiger partial charge in [-0.15, -0.1) is 0 Å². The second-order valence-electron chi connectivity index (χ2n) is 5.14. The molecule has 1 unspecified atom stereocenters. The number of hydrogen-bond donors (Lipinski definition) is 1. The van der Waals surface area contributed by atoms with Crippen LogP contribution < -0.4 is 5.32 Å². The van der Waals surface area contributed by atoms with Gasteiger partial charge in [0, 0.05) is 31.2 Å². The van der Waals surface area contributed by atoms with Crippen LogP contribution >= 0.6 is 0 Å². The molecule has 0 amide bonds. The van der Waals surface area contributed by atoms with E-state index in [2.05, 4.69) is 53.1 Å². The summed E-state index contributed by atoms with van der Waals surface area (Å²) in [6.45, 7) is 7.36. The highest BCUT2D eigenvalue weighted by atomic mass is 15.3. The Morgan fingerprint density at radius 2 is 1.85 bits per heavy atom. The van der Waals surface area contributed by atoms with Crippen LogP contribution in [0.1, 0.15) is 57.0 Å². The lowest BCUT2D eigenvalue weighted by atomic mass is 10.1. The van der Waals surface area contributed by atoms with E-state index in [4.69, 9.17) is 0 Å². The maximum absolute atomic E-state index is 4.66. The van der Waals surface area contributed by atoms with E-state index in [0.717, 1.165) is 25.1 Å². The Labute approximate surface area is 121 Å². The third-order valence-corrected chi connectivity index (χ3v) is 3.78. The number of aromatic nitrogens is 3. The van der Waals surface area contributed by atoms with Crippen molar-refractivity contribution in [1.29, 1.82) is 0 Å². The van der Waals surface area contributed by atoms with Gasteiger partial charge in [-0.25, -0.2) is 0 Å². The molecule has 2 aromatic heterocycles. The van der Waals surface area contributed by atoms with Gasteiger partial charge >= 0.3 is 0 Å². The molecule has 0 fully saturated rings. The normalized spacial score (nSPS) is 12.8. The van der Waals surface area contributed by atoms with Crippen LogP contribution in [0.3, 0.4) is 0 Å². The quantitative estimate of drug-likeness (QED) is 0.839. The second kappa shape index (κ2) is 7.20. The fraction of sp³-hybridized carbons (Fsp3) is 0.500. The van der Waals surface area contributed by atoms with Gasteiger partial charge in [0.15, 0.2) is 0 Å². The molecule has 0 spiro atoms. The third kappa shape index (κ3) is 3.67. The van der Waals surface area contributed by atoms with Crippen LogP contribution in [0.5, 0.6) is 0 Å². The second-order valence-corrected chi connectivity index (χ2v) is 5.14. The molecular formula is C16H24N4. The van der Waals surface area contributed by atoms with E-state index in [1.807, 2.05) is 24.5 Å². The van der Waals surface area contributed by atoms with E-state index < -0.39 is 0 Å². The fourth-order valence-electron chi connectivity index (χ4n) is 2.37. The van der Waals surface area contributed by atoms with Crippen LogP contribution in [0.4, 0.5) is 0 Å². The van der Waals surface area contributed by atoms with Gasteiger partial charge in [-0.05, 0) is 43.5 Å². The first-order chi connectivity index (χ1) is 9.74. The highest BCUT2D eigenvalue weighted by Crippen LogP contribution is 2.15. The van der Waals surface area contributed by atoms with Gasteiger partial charge in [0.1, 0.15) is 0 Å². The van der Waals surface area contributed by atoms with Gasteiger partial charge in [0.25, 0.3) is 0 Å². The number of hydrogen-bond acceptors (Lipinski definition) is 3. The molecule has 0 radical (unpaired) electrons. The molecule has 0 aliphatic rings. The van der Waals surface area contributed by atoms with Crippen LogP contribution in [0.2, 0.25) is 0 Å². The van der Waals surface area contributed by atoms with E-state index in [-0.39, 0.29) is 0 Å². The number of rotatable bonds is 7. The maximum Gasteiger partial charge on any atom is 0.0762 e. The van der Waals surface area contributed by atoms with Crippen LogP contribution in [0.25, 0.3) is 0 Å². The molecular weight excluding hydrogens is 248 g/mol. The first-order valence-electron chi connectivity index (χ1n) is 7.41. The zero-order valence-corrected chi connectivity index (χ0v) is 12.6. The lowest BCUT2D eigenvalue weighted by molar-refractivity contribution is 0.423. The maximum atomic E-state index is 4.66. The highest BCUT2D eigenvalue weighted by molar-refractivity contribution is 5.14. The van der Waals surface area contributed by atoms with Crippen molar-refractivity contribution in [2.24, 2.45) is 0 Å². The average Bonchev–Trinajstić information content (AvgIpc) is 2.96. The summed E-state index contributed by atoms with van der Waals surface area (Å²) < 4.78 is 2.09. The predicted molar refractivity (Wildman–Crippen MR) is 81.3 cm³/mol. The SMILES string of the molecule is CCC(CC)n1ccc(CNC(C)c2ccncc2)n1. The summed E-state index contributed by atoms with van der Waals surface area (Å²) in [5.74, 6) is 0. The standard InChI is InChI=1S/C16H24N4/c1-4-16(5-2)20-11-8-15(19-20)12-18-13(3)14-6-9-17-10-7-14/h6-11,13,16,18H,4-5,12H2,1-3H3. The zero-order valence-electron chi connectivity index (χ0n) is 12.6. The molecule has 0 bridgehead atoms. The van der Waals surface area contributed by atoms with Gasteiger partial charge in [-0.3, -0.25) is 9.67 Å². The first kappa shape index (κ1) is 14.7. The number of nitrogens with zero attached hydrogens (tertiary/aromatic N) is 3. The lowest BCUT2D eigenvalue weighted by Crippen LogP contribution is -2.18. The largest absolute Gasteiger partial charge is 0.304 e. The summed E-state index contributed by atoms with van der Waals surface area (Å²) in [6, 6.07) is 7.00. The van der Waals surface area contributed by atoms with Gasteiger partial charge in [-0.2, -0.15) is 5.10 Å². The van der Waals surface area contributed by atoms with Crippen molar-refractivity contribution >= 4 is 0 Å². The molecule has 0 aliphatic heterocycles. The monoisotopic (exact) mass is 272 g/mol. The van der Waals surface area contributed by atoms with E-state index in [1.54, 1.807) is 0 Å². The fourth-order valence-corrected chi connectivity index (χ4v) is 2.37. The van der Waals surface area contributed by atoms with Crippen LogP contribution in [-0.4, -0.2) is 14.8 Å². The summed E-state index contributed by atoms with van der Waals surface area (Å²) >= 11 is 0. The van der Waals surface area contributed by atoms with Crippen molar-refractivity contribution in [1.82, 2.24) is 20.1 Å². The lowest BCUT2D eigenvalue weighted by Gasteiger charge is -2.14. The Morgan fingerprint density at radius 1 is 1.15 bits per heavy atom. The molecule has 2 aromatic rings. The molecule has 4 heteroatoms. The first-order valence-corrected chi connectivity index (χ1v) is 7.41. The Morgan fingerprint density at radius 3 is 2.50 bits per heavy atom. The summed E-state index contributed by atoms with van der Waals surface area (Å²) in [6.07, 6.45) is 7.99. The molecule has 0 saturated carbocycles. The van der Waals surface area contributed by atoms with Crippen LogP contribution in [-0.2, 0) is 6.54 Å². The topological polar surface area (TPSA) is 42.7 Å². The van der Waals surface area contributed by atoms with E-state index in [9.17, 15) is 0 Å². The van der Waals surface area contributed by atoms with Crippen molar-refractivity contribution in [3.8, 4) is 0 Å². The van der Waals surface area contributed by atoms with Crippen molar-refractivity contribution in [2.75, 3.05) is 0 Å². The molecule has 2 rings (SSSR count). The van der Waals surface area contributed by atoms with Gasteiger partial charge in [0.2, 0.25) is 0 Å². The molecule has 108 valence electrons. The third-order valence-electron chi connectivity index (χ3n) is 3.78. The Hall–Kier alpha value is -1.68. The highest BCUT2D eigenvalue weighted by Gasteiger charge is 2.09. The molecule has 1 N–H and O–H groups in total. The van der Waals surface area contributed by atoms with Crippen molar-refractivity contribution in [3.05, 3.63) is 48.0 Å². The van der Waals surface area contributed by atoms with E-state index in [1.165, 1.54) is 5.56 Å². The summed E-state index contributed by atoms with van der Waals surface area (Å²) in [5.41, 5.74) is 2.34. The summed E-state index contributed by atoms with van der Waals surface area (Å²) in [4.78, 5) is 4.04. The average molecular weight is 272 g/mol. The van der Waals surface area contributed by atoms with E-state index >= 15 is 0 Å². The smallest absolute Gasteiger partial charge is 0.0762 e. The predicted octanol–water partition coefficient (Wildman–Crippen LogP) is 3.49. The summed E-state index contributed by atoms with van der Waals surface area (Å²) in [7, 11) is 0. The molecule has 4 nitrogen and oxygen atoms in total. The number of pyridine rings is 1. The molecule has 2 heterocycles.